The summed E-state index contributed by atoms with van der Waals surface area (Å²) < 4.78 is 5.46. The number of ether oxygens (including phenoxy) is 1. The molecule has 1 aliphatic heterocycles. The minimum absolute atomic E-state index is 0.00366. The molecule has 0 aromatic rings. The van der Waals surface area contributed by atoms with Crippen LogP contribution in [0.1, 0.15) is 27.7 Å². The minimum Gasteiger partial charge on any atom is -0.375 e. The van der Waals surface area contributed by atoms with E-state index in [1.54, 1.807) is 4.90 Å². The lowest BCUT2D eigenvalue weighted by Crippen LogP contribution is -2.54. The van der Waals surface area contributed by atoms with Gasteiger partial charge in [0.2, 0.25) is 11.8 Å². The normalized spacial score (nSPS) is 25.3. The number of nitrogens with two attached hydrogens (primary N) is 1. The molecule has 19 heavy (non-hydrogen) atoms. The number of nitrogens with one attached hydrogen (secondary N) is 1. The highest BCUT2D eigenvalue weighted by Crippen LogP contribution is 2.11. The van der Waals surface area contributed by atoms with E-state index in [-0.39, 0.29) is 36.4 Å². The van der Waals surface area contributed by atoms with E-state index in [1.165, 1.54) is 0 Å². The Balaban J connectivity index is 2.44. The molecule has 0 saturated carbocycles. The summed E-state index contributed by atoms with van der Waals surface area (Å²) in [5, 5.41) is 2.60. The third kappa shape index (κ3) is 4.47. The maximum atomic E-state index is 12.1. The van der Waals surface area contributed by atoms with E-state index >= 15 is 0 Å². The summed E-state index contributed by atoms with van der Waals surface area (Å²) in [5.74, 6) is -0.318. The average molecular weight is 271 g/mol. The summed E-state index contributed by atoms with van der Waals surface area (Å²) in [6.45, 7) is 8.70. The highest BCUT2D eigenvalue weighted by molar-refractivity contribution is 5.87. The second-order valence-corrected chi connectivity index (χ2v) is 5.53. The fourth-order valence-electron chi connectivity index (χ4n) is 1.94. The van der Waals surface area contributed by atoms with Crippen LogP contribution in [-0.2, 0) is 14.3 Å². The van der Waals surface area contributed by atoms with E-state index in [0.717, 1.165) is 0 Å². The summed E-state index contributed by atoms with van der Waals surface area (Å²) >= 11 is 0. The van der Waals surface area contributed by atoms with Gasteiger partial charge in [-0.3, -0.25) is 9.59 Å². The van der Waals surface area contributed by atoms with Crippen molar-refractivity contribution in [1.82, 2.24) is 10.2 Å². The molecule has 0 aliphatic carbocycles. The van der Waals surface area contributed by atoms with Crippen molar-refractivity contribution in [1.29, 1.82) is 0 Å². The molecule has 1 heterocycles. The van der Waals surface area contributed by atoms with Gasteiger partial charge in [-0.2, -0.15) is 0 Å². The molecular weight excluding hydrogens is 246 g/mol. The van der Waals surface area contributed by atoms with Crippen molar-refractivity contribution >= 4 is 11.8 Å². The molecule has 1 aliphatic rings. The number of carbonyl (C=O) groups is 2. The van der Waals surface area contributed by atoms with Gasteiger partial charge in [0, 0.05) is 6.54 Å². The molecule has 110 valence electrons. The molecule has 1 fully saturated rings. The second-order valence-electron chi connectivity index (χ2n) is 5.53. The van der Waals surface area contributed by atoms with Crippen LogP contribution in [0.15, 0.2) is 0 Å². The Hall–Kier alpha value is -1.14. The molecule has 1 rings (SSSR count). The molecule has 0 aromatic heterocycles. The number of carbonyl (C=O) groups excluding carboxylic acids is 2. The Morgan fingerprint density at radius 3 is 2.63 bits per heavy atom. The molecule has 6 nitrogen and oxygen atoms in total. The van der Waals surface area contributed by atoms with E-state index in [4.69, 9.17) is 10.5 Å². The van der Waals surface area contributed by atoms with Crippen molar-refractivity contribution < 1.29 is 14.3 Å². The summed E-state index contributed by atoms with van der Waals surface area (Å²) in [7, 11) is 0. The molecule has 1 saturated heterocycles. The number of hydrogen-bond acceptors (Lipinski definition) is 4. The second kappa shape index (κ2) is 6.86. The largest absolute Gasteiger partial charge is 0.375 e. The van der Waals surface area contributed by atoms with Crippen molar-refractivity contribution in [2.45, 2.75) is 45.9 Å². The molecule has 0 bridgehead atoms. The van der Waals surface area contributed by atoms with Gasteiger partial charge >= 0.3 is 0 Å². The van der Waals surface area contributed by atoms with Crippen LogP contribution >= 0.6 is 0 Å². The van der Waals surface area contributed by atoms with Crippen LogP contribution in [0.4, 0.5) is 0 Å². The zero-order chi connectivity index (χ0) is 14.6. The molecule has 3 atom stereocenters. The minimum atomic E-state index is -0.575. The van der Waals surface area contributed by atoms with Crippen molar-refractivity contribution in [3.05, 3.63) is 0 Å². The van der Waals surface area contributed by atoms with Gasteiger partial charge in [-0.05, 0) is 19.8 Å². The standard InChI is InChI=1S/C13H25N3O3/c1-8(2)12(14)13(18)15-5-11(17)16-6-10(4)19-7-9(16)3/h8-10,12H,5-7,14H2,1-4H3,(H,15,18)/t9?,10?,12-/m0/s1. The van der Waals surface area contributed by atoms with Crippen molar-refractivity contribution in [3.63, 3.8) is 0 Å². The summed E-state index contributed by atoms with van der Waals surface area (Å²) in [4.78, 5) is 25.5. The van der Waals surface area contributed by atoms with Crippen LogP contribution in [0.2, 0.25) is 0 Å². The lowest BCUT2D eigenvalue weighted by atomic mass is 10.1. The fourth-order valence-corrected chi connectivity index (χ4v) is 1.94. The summed E-state index contributed by atoms with van der Waals surface area (Å²) in [6.07, 6.45) is 0.0359. The van der Waals surface area contributed by atoms with Crippen LogP contribution < -0.4 is 11.1 Å². The van der Waals surface area contributed by atoms with Gasteiger partial charge in [0.05, 0.1) is 31.3 Å². The van der Waals surface area contributed by atoms with Gasteiger partial charge in [0.1, 0.15) is 0 Å². The van der Waals surface area contributed by atoms with Crippen LogP contribution in [0.25, 0.3) is 0 Å². The first-order chi connectivity index (χ1) is 8.82. The van der Waals surface area contributed by atoms with Gasteiger partial charge in [-0.1, -0.05) is 13.8 Å². The van der Waals surface area contributed by atoms with Crippen LogP contribution in [0.5, 0.6) is 0 Å². The number of hydrogen-bond donors (Lipinski definition) is 2. The van der Waals surface area contributed by atoms with E-state index in [2.05, 4.69) is 5.32 Å². The quantitative estimate of drug-likeness (QED) is 0.736. The molecule has 2 amide bonds. The Kier molecular flexibility index (Phi) is 5.75. The van der Waals surface area contributed by atoms with E-state index < -0.39 is 6.04 Å². The van der Waals surface area contributed by atoms with E-state index in [1.807, 2.05) is 27.7 Å². The molecule has 3 N–H and O–H groups in total. The molecular formula is C13H25N3O3. The maximum Gasteiger partial charge on any atom is 0.242 e. The van der Waals surface area contributed by atoms with Crippen LogP contribution in [0, 0.1) is 5.92 Å². The highest BCUT2D eigenvalue weighted by Gasteiger charge is 2.28. The lowest BCUT2D eigenvalue weighted by Gasteiger charge is -2.36. The van der Waals surface area contributed by atoms with Gasteiger partial charge < -0.3 is 20.7 Å². The zero-order valence-corrected chi connectivity index (χ0v) is 12.2. The van der Waals surface area contributed by atoms with Crippen LogP contribution in [0.3, 0.4) is 0 Å². The number of amides is 2. The first-order valence-electron chi connectivity index (χ1n) is 6.77. The monoisotopic (exact) mass is 271 g/mol. The number of morpholine rings is 1. The smallest absolute Gasteiger partial charge is 0.242 e. The number of nitrogens with zero attached hydrogens (tertiary/aromatic N) is 1. The molecule has 0 radical (unpaired) electrons. The summed E-state index contributed by atoms with van der Waals surface area (Å²) in [5.41, 5.74) is 5.72. The molecule has 6 heteroatoms. The third-order valence-corrected chi connectivity index (χ3v) is 3.36. The van der Waals surface area contributed by atoms with Crippen LogP contribution in [-0.4, -0.2) is 54.6 Å². The molecule has 0 spiro atoms. The lowest BCUT2D eigenvalue weighted by molar-refractivity contribution is -0.143. The fraction of sp³-hybridized carbons (Fsp3) is 0.846. The SMILES string of the molecule is CC1CN(C(=O)CNC(=O)[C@@H](N)C(C)C)C(C)CO1. The van der Waals surface area contributed by atoms with Crippen molar-refractivity contribution in [2.24, 2.45) is 11.7 Å². The van der Waals surface area contributed by atoms with Gasteiger partial charge in [-0.25, -0.2) is 0 Å². The average Bonchev–Trinajstić information content (AvgIpc) is 2.37. The number of rotatable bonds is 4. The maximum absolute atomic E-state index is 12.1. The van der Waals surface area contributed by atoms with Crippen molar-refractivity contribution in [2.75, 3.05) is 19.7 Å². The Labute approximate surface area is 114 Å². The van der Waals surface area contributed by atoms with E-state index in [0.29, 0.717) is 13.2 Å². The molecule has 2 unspecified atom stereocenters. The topological polar surface area (TPSA) is 84.7 Å². The van der Waals surface area contributed by atoms with Gasteiger partial charge in [0.25, 0.3) is 0 Å². The first-order valence-corrected chi connectivity index (χ1v) is 6.77. The first kappa shape index (κ1) is 15.9. The Morgan fingerprint density at radius 1 is 1.42 bits per heavy atom. The summed E-state index contributed by atoms with van der Waals surface area (Å²) in [6, 6.07) is -0.534. The third-order valence-electron chi connectivity index (χ3n) is 3.36. The van der Waals surface area contributed by atoms with Crippen molar-refractivity contribution in [3.8, 4) is 0 Å². The predicted molar refractivity (Wildman–Crippen MR) is 72.4 cm³/mol. The van der Waals surface area contributed by atoms with Gasteiger partial charge in [-0.15, -0.1) is 0 Å². The Morgan fingerprint density at radius 2 is 2.05 bits per heavy atom. The Bertz CT molecular complexity index is 333. The van der Waals surface area contributed by atoms with Gasteiger partial charge in [0.15, 0.2) is 0 Å². The highest BCUT2D eigenvalue weighted by atomic mass is 16.5. The van der Waals surface area contributed by atoms with E-state index in [9.17, 15) is 9.59 Å². The zero-order valence-electron chi connectivity index (χ0n) is 12.2. The predicted octanol–water partition coefficient (Wildman–Crippen LogP) is -0.278. The molecule has 0 aromatic carbocycles.